The van der Waals surface area contributed by atoms with Crippen LogP contribution in [0.1, 0.15) is 32.6 Å². The van der Waals surface area contributed by atoms with Gasteiger partial charge in [0.1, 0.15) is 12.7 Å². The smallest absolute Gasteiger partial charge is 0.407 e. The number of rotatable bonds is 9. The van der Waals surface area contributed by atoms with Crippen molar-refractivity contribution in [2.75, 3.05) is 6.61 Å². The molecule has 0 aromatic carbocycles. The number of amides is 1. The first-order valence-electron chi connectivity index (χ1n) is 6.76. The Labute approximate surface area is 114 Å². The molecule has 0 heterocycles. The molecule has 3 N–H and O–H groups in total. The van der Waals surface area contributed by atoms with Gasteiger partial charge in [-0.3, -0.25) is 0 Å². The van der Waals surface area contributed by atoms with E-state index in [2.05, 4.69) is 23.8 Å². The van der Waals surface area contributed by atoms with Gasteiger partial charge < -0.3 is 20.5 Å². The topological polar surface area (TPSA) is 70.6 Å². The van der Waals surface area contributed by atoms with Crippen LogP contribution in [0.25, 0.3) is 0 Å². The van der Waals surface area contributed by atoms with Gasteiger partial charge in [-0.2, -0.15) is 0 Å². The SMILES string of the molecule is C=CCOC(=O)N[C@@H](CCC)C(O)C(=C)NC1CC1. The van der Waals surface area contributed by atoms with Crippen LogP contribution in [0.15, 0.2) is 24.9 Å². The molecule has 2 atom stereocenters. The molecule has 0 bridgehead atoms. The van der Waals surface area contributed by atoms with Crippen LogP contribution in [0.2, 0.25) is 0 Å². The molecule has 0 radical (unpaired) electrons. The Kier molecular flexibility index (Phi) is 6.42. The third kappa shape index (κ3) is 5.79. The summed E-state index contributed by atoms with van der Waals surface area (Å²) in [5, 5.41) is 16.0. The lowest BCUT2D eigenvalue weighted by molar-refractivity contribution is 0.120. The minimum absolute atomic E-state index is 0.155. The quantitative estimate of drug-likeness (QED) is 0.557. The minimum atomic E-state index is -0.808. The maximum absolute atomic E-state index is 11.5. The van der Waals surface area contributed by atoms with Gasteiger partial charge in [0.25, 0.3) is 0 Å². The van der Waals surface area contributed by atoms with Gasteiger partial charge in [-0.25, -0.2) is 4.79 Å². The van der Waals surface area contributed by atoms with Crippen molar-refractivity contribution in [1.82, 2.24) is 10.6 Å². The first-order chi connectivity index (χ1) is 9.08. The maximum Gasteiger partial charge on any atom is 0.407 e. The van der Waals surface area contributed by atoms with Gasteiger partial charge in [0, 0.05) is 11.7 Å². The standard InChI is InChI=1S/C14H24N2O3/c1-4-6-12(16-14(18)19-9-5-2)13(17)10(3)15-11-7-8-11/h5,11-13,15,17H,2-4,6-9H2,1H3,(H,16,18)/t12-,13?/m0/s1. The number of ether oxygens (including phenoxy) is 1. The number of carbonyl (C=O) groups is 1. The number of carbonyl (C=O) groups excluding carboxylic acids is 1. The Balaban J connectivity index is 2.46. The van der Waals surface area contributed by atoms with Crippen LogP contribution in [0.3, 0.4) is 0 Å². The molecule has 0 spiro atoms. The highest BCUT2D eigenvalue weighted by molar-refractivity contribution is 5.67. The normalized spacial score (nSPS) is 17.2. The van der Waals surface area contributed by atoms with Gasteiger partial charge in [-0.15, -0.1) is 0 Å². The van der Waals surface area contributed by atoms with E-state index in [0.717, 1.165) is 19.3 Å². The van der Waals surface area contributed by atoms with Crippen LogP contribution in [0, 0.1) is 0 Å². The molecule has 1 aliphatic carbocycles. The van der Waals surface area contributed by atoms with Crippen LogP contribution in [-0.2, 0) is 4.74 Å². The Bertz CT molecular complexity index is 327. The largest absolute Gasteiger partial charge is 0.445 e. The average molecular weight is 268 g/mol. The van der Waals surface area contributed by atoms with Crippen LogP contribution in [0.5, 0.6) is 0 Å². The Morgan fingerprint density at radius 2 is 2.26 bits per heavy atom. The molecule has 108 valence electrons. The third-order valence-electron chi connectivity index (χ3n) is 2.94. The van der Waals surface area contributed by atoms with Crippen LogP contribution >= 0.6 is 0 Å². The van der Waals surface area contributed by atoms with Gasteiger partial charge in [0.2, 0.25) is 0 Å². The van der Waals surface area contributed by atoms with E-state index in [9.17, 15) is 9.90 Å². The molecule has 5 heteroatoms. The van der Waals surface area contributed by atoms with Crippen molar-refractivity contribution in [3.63, 3.8) is 0 Å². The fourth-order valence-electron chi connectivity index (χ4n) is 1.77. The lowest BCUT2D eigenvalue weighted by atomic mass is 10.0. The number of aliphatic hydroxyl groups excluding tert-OH is 1. The first-order valence-corrected chi connectivity index (χ1v) is 6.76. The minimum Gasteiger partial charge on any atom is -0.445 e. The number of nitrogens with one attached hydrogen (secondary N) is 2. The van der Waals surface area contributed by atoms with Crippen molar-refractivity contribution in [3.8, 4) is 0 Å². The molecule has 1 fully saturated rings. The molecule has 0 aliphatic heterocycles. The van der Waals surface area contributed by atoms with Crippen molar-refractivity contribution in [2.45, 2.75) is 50.8 Å². The molecule has 0 aromatic rings. The summed E-state index contributed by atoms with van der Waals surface area (Å²) < 4.78 is 4.86. The molecule has 1 unspecified atom stereocenters. The van der Waals surface area contributed by atoms with Crippen LogP contribution in [0.4, 0.5) is 4.79 Å². The van der Waals surface area contributed by atoms with E-state index in [1.165, 1.54) is 6.08 Å². The number of hydrogen-bond donors (Lipinski definition) is 3. The van der Waals surface area contributed by atoms with Gasteiger partial charge >= 0.3 is 6.09 Å². The van der Waals surface area contributed by atoms with Crippen LogP contribution in [-0.4, -0.2) is 36.0 Å². The molecule has 19 heavy (non-hydrogen) atoms. The van der Waals surface area contributed by atoms with Gasteiger partial charge in [-0.1, -0.05) is 32.6 Å². The number of aliphatic hydroxyl groups is 1. The second-order valence-corrected chi connectivity index (χ2v) is 4.82. The average Bonchev–Trinajstić information content (AvgIpc) is 3.18. The van der Waals surface area contributed by atoms with E-state index in [1.54, 1.807) is 0 Å². The molecular weight excluding hydrogens is 244 g/mol. The summed E-state index contributed by atoms with van der Waals surface area (Å²) in [6.45, 7) is 9.46. The van der Waals surface area contributed by atoms with Gasteiger partial charge in [0.15, 0.2) is 0 Å². The Morgan fingerprint density at radius 1 is 1.58 bits per heavy atom. The predicted octanol–water partition coefficient (Wildman–Crippen LogP) is 1.69. The van der Waals surface area contributed by atoms with Gasteiger partial charge in [0.05, 0.1) is 6.04 Å². The Hall–Kier alpha value is -1.49. The van der Waals surface area contributed by atoms with Crippen LogP contribution < -0.4 is 10.6 Å². The second kappa shape index (κ2) is 7.84. The zero-order valence-electron chi connectivity index (χ0n) is 11.5. The van der Waals surface area contributed by atoms with Gasteiger partial charge in [-0.05, 0) is 19.3 Å². The number of hydrogen-bond acceptors (Lipinski definition) is 4. The van der Waals surface area contributed by atoms with E-state index >= 15 is 0 Å². The highest BCUT2D eigenvalue weighted by Crippen LogP contribution is 2.21. The molecule has 0 aromatic heterocycles. The fourth-order valence-corrected chi connectivity index (χ4v) is 1.77. The second-order valence-electron chi connectivity index (χ2n) is 4.82. The zero-order chi connectivity index (χ0) is 14.3. The van der Waals surface area contributed by atoms with Crippen molar-refractivity contribution in [3.05, 3.63) is 24.9 Å². The zero-order valence-corrected chi connectivity index (χ0v) is 11.5. The van der Waals surface area contributed by atoms with E-state index in [4.69, 9.17) is 4.74 Å². The third-order valence-corrected chi connectivity index (χ3v) is 2.94. The van der Waals surface area contributed by atoms with Crippen molar-refractivity contribution in [1.29, 1.82) is 0 Å². The summed E-state index contributed by atoms with van der Waals surface area (Å²) in [6, 6.07) is 0.0400. The molecule has 0 saturated heterocycles. The first kappa shape index (κ1) is 15.6. The molecule has 5 nitrogen and oxygen atoms in total. The van der Waals surface area contributed by atoms with Crippen molar-refractivity contribution >= 4 is 6.09 Å². The predicted molar refractivity (Wildman–Crippen MR) is 74.7 cm³/mol. The molecule has 1 rings (SSSR count). The summed E-state index contributed by atoms with van der Waals surface area (Å²) in [4.78, 5) is 11.5. The Morgan fingerprint density at radius 3 is 2.79 bits per heavy atom. The molecular formula is C14H24N2O3. The lowest BCUT2D eigenvalue weighted by Crippen LogP contribution is -2.46. The molecule has 1 aliphatic rings. The highest BCUT2D eigenvalue weighted by atomic mass is 16.5. The fraction of sp³-hybridized carbons (Fsp3) is 0.643. The monoisotopic (exact) mass is 268 g/mol. The molecule has 1 saturated carbocycles. The van der Waals surface area contributed by atoms with E-state index in [1.807, 2.05) is 6.92 Å². The lowest BCUT2D eigenvalue weighted by Gasteiger charge is -2.25. The summed E-state index contributed by atoms with van der Waals surface area (Å²) in [7, 11) is 0. The summed E-state index contributed by atoms with van der Waals surface area (Å²) in [6.07, 6.45) is 3.88. The number of alkyl carbamates (subject to hydrolysis) is 1. The highest BCUT2D eigenvalue weighted by Gasteiger charge is 2.28. The van der Waals surface area contributed by atoms with Crippen molar-refractivity contribution in [2.24, 2.45) is 0 Å². The summed E-state index contributed by atoms with van der Waals surface area (Å²) in [5.41, 5.74) is 0.560. The maximum atomic E-state index is 11.5. The van der Waals surface area contributed by atoms with E-state index in [-0.39, 0.29) is 12.6 Å². The molecule has 1 amide bonds. The van der Waals surface area contributed by atoms with E-state index < -0.39 is 12.2 Å². The summed E-state index contributed by atoms with van der Waals surface area (Å²) >= 11 is 0. The van der Waals surface area contributed by atoms with Crippen molar-refractivity contribution < 1.29 is 14.6 Å². The summed E-state index contributed by atoms with van der Waals surface area (Å²) in [5.74, 6) is 0. The van der Waals surface area contributed by atoms with E-state index in [0.29, 0.717) is 18.2 Å².